The van der Waals surface area contributed by atoms with E-state index in [0.717, 1.165) is 23.8 Å². The van der Waals surface area contributed by atoms with Crippen molar-refractivity contribution >= 4 is 0 Å². The van der Waals surface area contributed by atoms with Gasteiger partial charge in [0.2, 0.25) is 0 Å². The first-order chi connectivity index (χ1) is 14.6. The van der Waals surface area contributed by atoms with Crippen LogP contribution < -0.4 is 0 Å². The lowest BCUT2D eigenvalue weighted by molar-refractivity contribution is 0.249. The smallest absolute Gasteiger partial charge is 0.130 e. The zero-order valence-electron chi connectivity index (χ0n) is 18.3. The second-order valence-electron chi connectivity index (χ2n) is 9.01. The van der Waals surface area contributed by atoms with Crippen molar-refractivity contribution in [2.45, 2.75) is 77.6 Å². The summed E-state index contributed by atoms with van der Waals surface area (Å²) in [6.07, 6.45) is 13.4. The van der Waals surface area contributed by atoms with E-state index in [0.29, 0.717) is 5.56 Å². The Morgan fingerprint density at radius 2 is 1.40 bits per heavy atom. The van der Waals surface area contributed by atoms with Crippen LogP contribution in [0.1, 0.15) is 75.8 Å². The van der Waals surface area contributed by atoms with Crippen LogP contribution in [0.3, 0.4) is 0 Å². The van der Waals surface area contributed by atoms with Gasteiger partial charge in [0.1, 0.15) is 11.6 Å². The number of unbranched alkanes of at least 4 members (excludes halogenated alkanes) is 2. The van der Waals surface area contributed by atoms with E-state index in [1.54, 1.807) is 0 Å². The Labute approximate surface area is 180 Å². The van der Waals surface area contributed by atoms with Gasteiger partial charge in [0, 0.05) is 18.6 Å². The summed E-state index contributed by atoms with van der Waals surface area (Å²) >= 11 is 0. The van der Waals surface area contributed by atoms with E-state index in [-0.39, 0.29) is 18.6 Å². The van der Waals surface area contributed by atoms with Gasteiger partial charge in [-0.1, -0.05) is 82.6 Å². The minimum absolute atomic E-state index is 0.00244. The van der Waals surface area contributed by atoms with Gasteiger partial charge in [0.15, 0.2) is 0 Å². The average molecular weight is 415 g/mol. The molecule has 0 atom stereocenters. The largest absolute Gasteiger partial charge is 0.396 e. The molecule has 3 heteroatoms. The van der Waals surface area contributed by atoms with Crippen LogP contribution in [0.5, 0.6) is 0 Å². The molecule has 164 valence electrons. The predicted octanol–water partition coefficient (Wildman–Crippen LogP) is 7.49. The highest BCUT2D eigenvalue weighted by Gasteiger charge is 2.20. The molecule has 1 aliphatic carbocycles. The van der Waals surface area contributed by atoms with Crippen LogP contribution in [0.25, 0.3) is 11.1 Å². The number of aryl methyl sites for hydroxylation is 1. The Balaban J connectivity index is 1.50. The van der Waals surface area contributed by atoms with Gasteiger partial charge in [0.25, 0.3) is 0 Å². The van der Waals surface area contributed by atoms with Crippen molar-refractivity contribution in [3.05, 3.63) is 59.2 Å². The first-order valence-electron chi connectivity index (χ1n) is 11.8. The van der Waals surface area contributed by atoms with Gasteiger partial charge in [-0.25, -0.2) is 8.78 Å². The molecule has 1 nitrogen and oxygen atoms in total. The lowest BCUT2D eigenvalue weighted by atomic mass is 9.78. The number of benzene rings is 2. The zero-order chi connectivity index (χ0) is 21.3. The van der Waals surface area contributed by atoms with E-state index in [9.17, 15) is 8.78 Å². The summed E-state index contributed by atoms with van der Waals surface area (Å²) < 4.78 is 28.3. The quantitative estimate of drug-likeness (QED) is 0.399. The molecule has 0 saturated heterocycles. The summed E-state index contributed by atoms with van der Waals surface area (Å²) in [5.41, 5.74) is 2.61. The molecule has 0 spiro atoms. The number of halogens is 2. The van der Waals surface area contributed by atoms with Crippen LogP contribution in [0.15, 0.2) is 36.4 Å². The van der Waals surface area contributed by atoms with Crippen molar-refractivity contribution in [1.29, 1.82) is 0 Å². The molecular weight excluding hydrogens is 378 g/mol. The molecule has 2 aromatic carbocycles. The maximum atomic E-state index is 14.2. The summed E-state index contributed by atoms with van der Waals surface area (Å²) in [6.45, 7) is 2.01. The molecule has 1 fully saturated rings. The van der Waals surface area contributed by atoms with E-state index in [1.807, 2.05) is 12.1 Å². The average Bonchev–Trinajstić information content (AvgIpc) is 2.76. The van der Waals surface area contributed by atoms with Crippen molar-refractivity contribution in [2.24, 2.45) is 11.8 Å². The Morgan fingerprint density at radius 1 is 0.800 bits per heavy atom. The molecule has 0 aliphatic heterocycles. The lowest BCUT2D eigenvalue weighted by Crippen LogP contribution is -2.15. The lowest BCUT2D eigenvalue weighted by Gasteiger charge is -2.28. The van der Waals surface area contributed by atoms with Crippen molar-refractivity contribution in [3.63, 3.8) is 0 Å². The molecule has 0 amide bonds. The van der Waals surface area contributed by atoms with Gasteiger partial charge in [-0.05, 0) is 53.5 Å². The molecule has 30 heavy (non-hydrogen) atoms. The molecule has 0 heterocycles. The van der Waals surface area contributed by atoms with Crippen LogP contribution in [0.4, 0.5) is 8.78 Å². The Kier molecular flexibility index (Phi) is 8.87. The number of hydrogen-bond donors (Lipinski definition) is 1. The molecule has 1 saturated carbocycles. The summed E-state index contributed by atoms with van der Waals surface area (Å²) in [4.78, 5) is 0. The van der Waals surface area contributed by atoms with Gasteiger partial charge in [-0.3, -0.25) is 0 Å². The third-order valence-corrected chi connectivity index (χ3v) is 6.81. The van der Waals surface area contributed by atoms with Crippen LogP contribution in [0, 0.1) is 23.5 Å². The van der Waals surface area contributed by atoms with Gasteiger partial charge >= 0.3 is 0 Å². The maximum absolute atomic E-state index is 14.2. The molecule has 0 unspecified atom stereocenters. The Morgan fingerprint density at radius 3 is 1.97 bits per heavy atom. The second kappa shape index (κ2) is 11.6. The SMILES string of the molecule is CCCCCC1CCC(CCc2ccc(-c3cc(F)c(CCO)c(F)c3)cc2)CC1. The first kappa shape index (κ1) is 22.9. The van der Waals surface area contributed by atoms with Gasteiger partial charge in [-0.2, -0.15) is 0 Å². The highest BCUT2D eigenvalue weighted by Crippen LogP contribution is 2.34. The monoisotopic (exact) mass is 414 g/mol. The summed E-state index contributed by atoms with van der Waals surface area (Å²) in [5, 5.41) is 8.95. The molecular formula is C27H36F2O. The molecule has 3 rings (SSSR count). The minimum Gasteiger partial charge on any atom is -0.396 e. The Hall–Kier alpha value is -1.74. The predicted molar refractivity (Wildman–Crippen MR) is 120 cm³/mol. The maximum Gasteiger partial charge on any atom is 0.130 e. The van der Waals surface area contributed by atoms with Gasteiger partial charge < -0.3 is 5.11 Å². The second-order valence-corrected chi connectivity index (χ2v) is 9.01. The van der Waals surface area contributed by atoms with Gasteiger partial charge in [0.05, 0.1) is 0 Å². The summed E-state index contributed by atoms with van der Waals surface area (Å²) in [6, 6.07) is 10.8. The molecule has 0 aromatic heterocycles. The van der Waals surface area contributed by atoms with Gasteiger partial charge in [-0.15, -0.1) is 0 Å². The number of hydrogen-bond acceptors (Lipinski definition) is 1. The molecule has 1 N–H and O–H groups in total. The van der Waals surface area contributed by atoms with E-state index in [4.69, 9.17) is 5.11 Å². The van der Waals surface area contributed by atoms with Crippen molar-refractivity contribution in [1.82, 2.24) is 0 Å². The standard InChI is InChI=1S/C27H36F2O/c1-2-3-4-5-20-6-8-21(9-7-20)10-11-22-12-14-23(15-13-22)24-18-26(28)25(16-17-30)27(29)19-24/h12-15,18-21,30H,2-11,16-17H2,1H3. The summed E-state index contributed by atoms with van der Waals surface area (Å²) in [7, 11) is 0. The molecule has 0 radical (unpaired) electrons. The van der Waals surface area contributed by atoms with Crippen LogP contribution >= 0.6 is 0 Å². The highest BCUT2D eigenvalue weighted by atomic mass is 19.1. The molecule has 2 aromatic rings. The van der Waals surface area contributed by atoms with Crippen molar-refractivity contribution < 1.29 is 13.9 Å². The third-order valence-electron chi connectivity index (χ3n) is 6.81. The van der Waals surface area contributed by atoms with Crippen LogP contribution in [-0.4, -0.2) is 11.7 Å². The van der Waals surface area contributed by atoms with Crippen molar-refractivity contribution in [3.8, 4) is 11.1 Å². The summed E-state index contributed by atoms with van der Waals surface area (Å²) in [5.74, 6) is 0.618. The fourth-order valence-corrected chi connectivity index (χ4v) is 4.85. The zero-order valence-corrected chi connectivity index (χ0v) is 18.3. The fraction of sp³-hybridized carbons (Fsp3) is 0.556. The highest BCUT2D eigenvalue weighted by molar-refractivity contribution is 5.64. The van der Waals surface area contributed by atoms with E-state index in [2.05, 4.69) is 19.1 Å². The number of aliphatic hydroxyl groups is 1. The molecule has 0 bridgehead atoms. The normalized spacial score (nSPS) is 19.2. The third kappa shape index (κ3) is 6.38. The topological polar surface area (TPSA) is 20.2 Å². The minimum atomic E-state index is -0.589. The number of rotatable bonds is 10. The van der Waals surface area contributed by atoms with E-state index >= 15 is 0 Å². The first-order valence-corrected chi connectivity index (χ1v) is 11.8. The van der Waals surface area contributed by atoms with E-state index < -0.39 is 11.6 Å². The fourth-order valence-electron chi connectivity index (χ4n) is 4.85. The van der Waals surface area contributed by atoms with Crippen molar-refractivity contribution in [2.75, 3.05) is 6.61 Å². The Bertz CT molecular complexity index is 753. The van der Waals surface area contributed by atoms with Crippen LogP contribution in [0.2, 0.25) is 0 Å². The van der Waals surface area contributed by atoms with E-state index in [1.165, 1.54) is 75.5 Å². The van der Waals surface area contributed by atoms with Crippen LogP contribution in [-0.2, 0) is 12.8 Å². The molecule has 1 aliphatic rings. The number of aliphatic hydroxyl groups excluding tert-OH is 1.